The molecule has 6 aliphatic rings. The summed E-state index contributed by atoms with van der Waals surface area (Å²) in [6.07, 6.45) is 15.0. The van der Waals surface area contributed by atoms with E-state index in [1.807, 2.05) is 0 Å². The molecule has 2 heterocycles. The first-order chi connectivity index (χ1) is 16.0. The molecule has 0 aromatic carbocycles. The lowest BCUT2D eigenvalue weighted by molar-refractivity contribution is -0.536. The van der Waals surface area contributed by atoms with Crippen molar-refractivity contribution in [1.82, 2.24) is 0 Å². The van der Waals surface area contributed by atoms with Gasteiger partial charge in [0.15, 0.2) is 0 Å². The van der Waals surface area contributed by atoms with Crippen LogP contribution in [0.3, 0.4) is 0 Å². The Labute approximate surface area is 207 Å². The largest absolute Gasteiger partial charge is 0.462 e. The highest BCUT2D eigenvalue weighted by Gasteiger charge is 2.76. The van der Waals surface area contributed by atoms with E-state index in [1.54, 1.807) is 0 Å². The van der Waals surface area contributed by atoms with E-state index in [-0.39, 0.29) is 28.7 Å². The van der Waals surface area contributed by atoms with E-state index in [2.05, 4.69) is 53.7 Å². The van der Waals surface area contributed by atoms with Gasteiger partial charge in [0.2, 0.25) is 0 Å². The predicted molar refractivity (Wildman–Crippen MR) is 134 cm³/mol. The topological polar surface area (TPSA) is 44.8 Å². The molecule has 4 heteroatoms. The molecule has 0 aromatic heterocycles. The van der Waals surface area contributed by atoms with Crippen molar-refractivity contribution in [3.63, 3.8) is 0 Å². The van der Waals surface area contributed by atoms with Crippen LogP contribution in [0.25, 0.3) is 0 Å². The van der Waals surface area contributed by atoms with Gasteiger partial charge < -0.3 is 4.74 Å². The SMILES string of the molecule is CC(=O)O[C@@H]1CC[C@]2(C)[C@@H]3CC[C@]4(C)[C@@H]([C@H](C)/C=C/[C@H](C)C(C)C)CC[C@@H]4[C@@]34CC[C@]2(C1)OO4. The maximum atomic E-state index is 11.6. The summed E-state index contributed by atoms with van der Waals surface area (Å²) in [4.78, 5) is 24.8. The lowest BCUT2D eigenvalue weighted by Gasteiger charge is -2.72. The van der Waals surface area contributed by atoms with Crippen molar-refractivity contribution < 1.29 is 19.3 Å². The van der Waals surface area contributed by atoms with Crippen molar-refractivity contribution in [2.45, 2.75) is 124 Å². The lowest BCUT2D eigenvalue weighted by Crippen LogP contribution is -2.75. The molecule has 6 rings (SSSR count). The molecule has 2 saturated heterocycles. The lowest BCUT2D eigenvalue weighted by atomic mass is 9.40. The normalized spacial score (nSPS) is 49.4. The van der Waals surface area contributed by atoms with Gasteiger partial charge in [-0.2, -0.15) is 0 Å². The Hall–Kier alpha value is -0.870. The molecule has 0 aromatic rings. The highest BCUT2D eigenvalue weighted by atomic mass is 17.2. The summed E-state index contributed by atoms with van der Waals surface area (Å²) >= 11 is 0. The summed E-state index contributed by atoms with van der Waals surface area (Å²) in [6, 6.07) is 0. The van der Waals surface area contributed by atoms with E-state index in [9.17, 15) is 4.79 Å². The summed E-state index contributed by atoms with van der Waals surface area (Å²) in [7, 11) is 0. The van der Waals surface area contributed by atoms with Gasteiger partial charge in [-0.25, -0.2) is 9.78 Å². The van der Waals surface area contributed by atoms with Gasteiger partial charge in [0.1, 0.15) is 17.3 Å². The number of esters is 1. The van der Waals surface area contributed by atoms with Crippen LogP contribution >= 0.6 is 0 Å². The summed E-state index contributed by atoms with van der Waals surface area (Å²) < 4.78 is 5.66. The Morgan fingerprint density at radius 3 is 2.32 bits per heavy atom. The fourth-order valence-corrected chi connectivity index (χ4v) is 9.63. The van der Waals surface area contributed by atoms with Crippen molar-refractivity contribution in [3.8, 4) is 0 Å². The van der Waals surface area contributed by atoms with Crippen LogP contribution < -0.4 is 0 Å². The number of fused-ring (bicyclic) bond motifs is 3. The maximum Gasteiger partial charge on any atom is 0.302 e. The molecule has 34 heavy (non-hydrogen) atoms. The van der Waals surface area contributed by atoms with Crippen LogP contribution in [0.5, 0.6) is 0 Å². The van der Waals surface area contributed by atoms with Gasteiger partial charge in [0.05, 0.1) is 0 Å². The van der Waals surface area contributed by atoms with E-state index in [0.29, 0.717) is 40.9 Å². The van der Waals surface area contributed by atoms with Crippen LogP contribution in [0.15, 0.2) is 12.2 Å². The summed E-state index contributed by atoms with van der Waals surface area (Å²) in [5, 5.41) is 0. The monoisotopic (exact) mass is 472 g/mol. The van der Waals surface area contributed by atoms with Gasteiger partial charge in [-0.1, -0.05) is 53.7 Å². The molecule has 4 saturated carbocycles. The third kappa shape index (κ3) is 3.40. The van der Waals surface area contributed by atoms with Crippen LogP contribution in [0.4, 0.5) is 0 Å². The van der Waals surface area contributed by atoms with Crippen molar-refractivity contribution >= 4 is 5.97 Å². The van der Waals surface area contributed by atoms with Crippen LogP contribution in [0.1, 0.15) is 106 Å². The molecule has 4 nitrogen and oxygen atoms in total. The van der Waals surface area contributed by atoms with Crippen molar-refractivity contribution in [1.29, 1.82) is 0 Å². The second-order valence-corrected chi connectivity index (χ2v) is 13.7. The number of carbonyl (C=O) groups is 1. The maximum absolute atomic E-state index is 11.6. The first-order valence-electron chi connectivity index (χ1n) is 14.2. The first kappa shape index (κ1) is 24.8. The molecular formula is C30H48O4. The molecule has 6 fully saturated rings. The molecule has 0 amide bonds. The minimum Gasteiger partial charge on any atom is -0.462 e. The summed E-state index contributed by atoms with van der Waals surface area (Å²) in [5.41, 5.74) is -0.0150. The summed E-state index contributed by atoms with van der Waals surface area (Å²) in [6.45, 7) is 16.0. The van der Waals surface area contributed by atoms with E-state index >= 15 is 0 Å². The molecule has 192 valence electrons. The predicted octanol–water partition coefficient (Wildman–Crippen LogP) is 7.27. The number of rotatable bonds is 5. The zero-order valence-electron chi connectivity index (χ0n) is 22.7. The highest BCUT2D eigenvalue weighted by Crippen LogP contribution is 2.74. The molecule has 0 unspecified atom stereocenters. The molecule has 2 spiro atoms. The highest BCUT2D eigenvalue weighted by molar-refractivity contribution is 5.66. The van der Waals surface area contributed by atoms with E-state index in [4.69, 9.17) is 14.5 Å². The van der Waals surface area contributed by atoms with Gasteiger partial charge in [0, 0.05) is 18.8 Å². The molecule has 2 aliphatic heterocycles. The fraction of sp³-hybridized carbons (Fsp3) is 0.900. The average molecular weight is 473 g/mol. The minimum absolute atomic E-state index is 0.0367. The Kier molecular flexibility index (Phi) is 6.08. The van der Waals surface area contributed by atoms with Crippen LogP contribution in [-0.4, -0.2) is 23.3 Å². The fourth-order valence-electron chi connectivity index (χ4n) is 9.63. The van der Waals surface area contributed by atoms with Gasteiger partial charge in [-0.3, -0.25) is 4.79 Å². The molecule has 4 aliphatic carbocycles. The molecule has 0 radical (unpaired) electrons. The Morgan fingerprint density at radius 1 is 0.912 bits per heavy atom. The van der Waals surface area contributed by atoms with Gasteiger partial charge in [-0.05, 0) is 92.3 Å². The average Bonchev–Trinajstić information content (AvgIpc) is 3.14. The number of allylic oxidation sites excluding steroid dienone is 2. The van der Waals surface area contributed by atoms with E-state index < -0.39 is 0 Å². The van der Waals surface area contributed by atoms with Crippen molar-refractivity contribution in [2.75, 3.05) is 0 Å². The van der Waals surface area contributed by atoms with Gasteiger partial charge in [0.25, 0.3) is 0 Å². The molecular weight excluding hydrogens is 424 g/mol. The standard InChI is InChI=1S/C30H48O4/c1-19(2)20(3)8-9-21(4)24-10-11-25-27(24,6)14-13-26-28(7)15-12-23(32-22(5)31)18-29(28)16-17-30(25,26)34-33-29/h8-9,19-21,23-26H,10-18H2,1-7H3/b9-8+/t20-,21+,23+,24+,25-,26-,27+,28+,29+,30-/m0/s1. The Bertz CT molecular complexity index is 824. The quantitative estimate of drug-likeness (QED) is 0.240. The number of hydrogen-bond donors (Lipinski definition) is 0. The third-order valence-corrected chi connectivity index (χ3v) is 11.9. The van der Waals surface area contributed by atoms with Gasteiger partial charge in [-0.15, -0.1) is 0 Å². The molecule has 10 atom stereocenters. The summed E-state index contributed by atoms with van der Waals surface area (Å²) in [5.74, 6) is 3.58. The number of carbonyl (C=O) groups excluding carboxylic acids is 1. The number of ether oxygens (including phenoxy) is 1. The van der Waals surface area contributed by atoms with Crippen LogP contribution in [-0.2, 0) is 19.3 Å². The Balaban J connectivity index is 1.39. The smallest absolute Gasteiger partial charge is 0.302 e. The minimum atomic E-state index is -0.299. The van der Waals surface area contributed by atoms with E-state index in [1.165, 1.54) is 32.6 Å². The third-order valence-electron chi connectivity index (χ3n) is 11.9. The first-order valence-corrected chi connectivity index (χ1v) is 14.2. The van der Waals surface area contributed by atoms with Crippen LogP contribution in [0, 0.1) is 46.3 Å². The van der Waals surface area contributed by atoms with E-state index in [0.717, 1.165) is 32.1 Å². The van der Waals surface area contributed by atoms with Crippen molar-refractivity contribution in [3.05, 3.63) is 12.2 Å². The molecule has 0 N–H and O–H groups in total. The second-order valence-electron chi connectivity index (χ2n) is 13.7. The van der Waals surface area contributed by atoms with Gasteiger partial charge >= 0.3 is 5.97 Å². The van der Waals surface area contributed by atoms with Crippen molar-refractivity contribution in [2.24, 2.45) is 46.3 Å². The number of hydrogen-bond acceptors (Lipinski definition) is 4. The van der Waals surface area contributed by atoms with Crippen LogP contribution in [0.2, 0.25) is 0 Å². The molecule has 2 bridgehead atoms. The zero-order valence-corrected chi connectivity index (χ0v) is 22.7. The Morgan fingerprint density at radius 2 is 1.68 bits per heavy atom. The second kappa shape index (κ2) is 8.33. The zero-order chi connectivity index (χ0) is 24.5.